The number of oxazole rings is 1. The zero-order valence-electron chi connectivity index (χ0n) is 15.0. The first-order chi connectivity index (χ1) is 12.5. The molecule has 0 bridgehead atoms. The third kappa shape index (κ3) is 3.16. The molecule has 0 saturated heterocycles. The summed E-state index contributed by atoms with van der Waals surface area (Å²) in [6, 6.07) is 9.17. The van der Waals surface area contributed by atoms with Gasteiger partial charge >= 0.3 is 5.76 Å². The Kier molecular flexibility index (Phi) is 3.94. The van der Waals surface area contributed by atoms with Crippen LogP contribution in [0, 0.1) is 19.3 Å². The van der Waals surface area contributed by atoms with E-state index in [2.05, 4.69) is 16.5 Å². The van der Waals surface area contributed by atoms with E-state index in [1.807, 2.05) is 24.6 Å². The fourth-order valence-electron chi connectivity index (χ4n) is 3.37. The summed E-state index contributed by atoms with van der Waals surface area (Å²) >= 11 is 0. The Morgan fingerprint density at radius 3 is 2.77 bits per heavy atom. The molecule has 136 valence electrons. The van der Waals surface area contributed by atoms with Crippen molar-refractivity contribution in [1.29, 1.82) is 0 Å². The number of para-hydroxylation sites is 2. The predicted molar refractivity (Wildman–Crippen MR) is 96.9 cm³/mol. The topological polar surface area (TPSA) is 82.1 Å². The summed E-state index contributed by atoms with van der Waals surface area (Å²) in [7, 11) is 0. The third-order valence-electron chi connectivity index (χ3n) is 5.08. The highest BCUT2D eigenvalue weighted by molar-refractivity contribution is 5.79. The lowest BCUT2D eigenvalue weighted by atomic mass is 10.1. The van der Waals surface area contributed by atoms with E-state index in [1.54, 1.807) is 18.2 Å². The monoisotopic (exact) mass is 354 g/mol. The number of carbonyl (C=O) groups excluding carboxylic acids is 1. The first kappa shape index (κ1) is 16.6. The third-order valence-corrected chi connectivity index (χ3v) is 5.08. The normalized spacial score (nSPS) is 15.3. The van der Waals surface area contributed by atoms with Gasteiger partial charge in [-0.15, -0.1) is 0 Å². The molecule has 1 aliphatic rings. The molecule has 1 amide bonds. The lowest BCUT2D eigenvalue weighted by Gasteiger charge is -2.17. The molecular formula is C19H22N4O3. The number of carbonyl (C=O) groups is 1. The SMILES string of the molecule is Cc1cc(C)n(CC2(CNC(=O)Cn3c(=O)oc4ccccc43)CC2)n1. The molecule has 7 nitrogen and oxygen atoms in total. The van der Waals surface area contributed by atoms with Crippen molar-refractivity contribution in [1.82, 2.24) is 19.7 Å². The van der Waals surface area contributed by atoms with Crippen LogP contribution in [0.1, 0.15) is 24.2 Å². The summed E-state index contributed by atoms with van der Waals surface area (Å²) in [5.74, 6) is -0.691. The number of benzene rings is 1. The quantitative estimate of drug-likeness (QED) is 0.734. The molecule has 4 rings (SSSR count). The van der Waals surface area contributed by atoms with Crippen LogP contribution in [0.15, 0.2) is 39.5 Å². The van der Waals surface area contributed by atoms with Gasteiger partial charge in [-0.1, -0.05) is 12.1 Å². The molecule has 0 atom stereocenters. The molecule has 3 aromatic rings. The minimum absolute atomic E-state index is 0.0359. The summed E-state index contributed by atoms with van der Waals surface area (Å²) in [6.07, 6.45) is 2.14. The van der Waals surface area contributed by atoms with Gasteiger partial charge in [0.25, 0.3) is 0 Å². The summed E-state index contributed by atoms with van der Waals surface area (Å²) in [6.45, 7) is 5.39. The lowest BCUT2D eigenvalue weighted by Crippen LogP contribution is -2.36. The summed E-state index contributed by atoms with van der Waals surface area (Å²) in [4.78, 5) is 24.3. The van der Waals surface area contributed by atoms with Gasteiger partial charge in [0.05, 0.1) is 11.2 Å². The first-order valence-corrected chi connectivity index (χ1v) is 8.82. The van der Waals surface area contributed by atoms with Crippen molar-refractivity contribution in [3.8, 4) is 0 Å². The van der Waals surface area contributed by atoms with Crippen LogP contribution in [0.4, 0.5) is 0 Å². The maximum absolute atomic E-state index is 12.4. The van der Waals surface area contributed by atoms with E-state index < -0.39 is 5.76 Å². The van der Waals surface area contributed by atoms with E-state index in [1.165, 1.54) is 4.57 Å². The Hall–Kier alpha value is -2.83. The number of hydrogen-bond donors (Lipinski definition) is 1. The Bertz CT molecular complexity index is 1020. The van der Waals surface area contributed by atoms with Gasteiger partial charge in [0.2, 0.25) is 5.91 Å². The van der Waals surface area contributed by atoms with Crippen molar-refractivity contribution in [3.05, 3.63) is 52.3 Å². The van der Waals surface area contributed by atoms with Crippen molar-refractivity contribution in [2.24, 2.45) is 5.41 Å². The Balaban J connectivity index is 1.40. The molecule has 0 unspecified atom stereocenters. The number of amides is 1. The largest absolute Gasteiger partial charge is 0.420 e. The molecule has 2 aromatic heterocycles. The van der Waals surface area contributed by atoms with Crippen LogP contribution < -0.4 is 11.1 Å². The summed E-state index contributed by atoms with van der Waals surface area (Å²) in [5.41, 5.74) is 3.34. The van der Waals surface area contributed by atoms with Crippen molar-refractivity contribution in [2.75, 3.05) is 6.54 Å². The van der Waals surface area contributed by atoms with Crippen LogP contribution >= 0.6 is 0 Å². The highest BCUT2D eigenvalue weighted by Crippen LogP contribution is 2.46. The predicted octanol–water partition coefficient (Wildman–Crippen LogP) is 2.00. The maximum atomic E-state index is 12.4. The average Bonchev–Trinajstić information content (AvgIpc) is 3.20. The highest BCUT2D eigenvalue weighted by Gasteiger charge is 2.43. The molecule has 0 spiro atoms. The van der Waals surface area contributed by atoms with Gasteiger partial charge in [0, 0.05) is 24.2 Å². The molecule has 1 N–H and O–H groups in total. The molecule has 0 aliphatic heterocycles. The van der Waals surface area contributed by atoms with Gasteiger partial charge in [-0.05, 0) is 44.9 Å². The number of aromatic nitrogens is 3. The molecule has 0 radical (unpaired) electrons. The zero-order valence-corrected chi connectivity index (χ0v) is 15.0. The molecule has 1 fully saturated rings. The second-order valence-corrected chi connectivity index (χ2v) is 7.28. The van der Waals surface area contributed by atoms with Crippen LogP contribution in [-0.2, 0) is 17.9 Å². The molecule has 7 heteroatoms. The second-order valence-electron chi connectivity index (χ2n) is 7.28. The lowest BCUT2D eigenvalue weighted by molar-refractivity contribution is -0.122. The Labute approximate surface area is 150 Å². The van der Waals surface area contributed by atoms with Crippen LogP contribution in [0.3, 0.4) is 0 Å². The van der Waals surface area contributed by atoms with E-state index in [0.29, 0.717) is 17.6 Å². The molecule has 1 aliphatic carbocycles. The van der Waals surface area contributed by atoms with Gasteiger partial charge in [0.1, 0.15) is 6.54 Å². The number of rotatable bonds is 6. The van der Waals surface area contributed by atoms with Crippen LogP contribution in [0.2, 0.25) is 0 Å². The summed E-state index contributed by atoms with van der Waals surface area (Å²) < 4.78 is 8.55. The number of hydrogen-bond acceptors (Lipinski definition) is 4. The van der Waals surface area contributed by atoms with Crippen LogP contribution in [0.5, 0.6) is 0 Å². The van der Waals surface area contributed by atoms with E-state index >= 15 is 0 Å². The molecular weight excluding hydrogens is 332 g/mol. The standard InChI is InChI=1S/C19H22N4O3/c1-13-9-14(2)23(21-13)12-19(7-8-19)11-20-17(24)10-22-15-5-3-4-6-16(15)26-18(22)25/h3-6,9H,7-8,10-12H2,1-2H3,(H,20,24). The van der Waals surface area contributed by atoms with E-state index in [9.17, 15) is 9.59 Å². The van der Waals surface area contributed by atoms with Gasteiger partial charge in [-0.3, -0.25) is 14.0 Å². The number of nitrogens with zero attached hydrogens (tertiary/aromatic N) is 3. The molecule has 1 aromatic carbocycles. The number of aryl methyl sites for hydroxylation is 2. The fourth-order valence-corrected chi connectivity index (χ4v) is 3.37. The van der Waals surface area contributed by atoms with Gasteiger partial charge < -0.3 is 9.73 Å². The molecule has 1 saturated carbocycles. The van der Waals surface area contributed by atoms with Crippen LogP contribution in [0.25, 0.3) is 11.1 Å². The molecule has 2 heterocycles. The second kappa shape index (κ2) is 6.16. The number of nitrogens with one attached hydrogen (secondary N) is 1. The van der Waals surface area contributed by atoms with E-state index in [4.69, 9.17) is 4.42 Å². The van der Waals surface area contributed by atoms with E-state index in [-0.39, 0.29) is 17.9 Å². The van der Waals surface area contributed by atoms with E-state index in [0.717, 1.165) is 30.8 Å². The number of fused-ring (bicyclic) bond motifs is 1. The Morgan fingerprint density at radius 1 is 1.31 bits per heavy atom. The first-order valence-electron chi connectivity index (χ1n) is 8.82. The van der Waals surface area contributed by atoms with Gasteiger partial charge in [0.15, 0.2) is 5.58 Å². The molecule has 26 heavy (non-hydrogen) atoms. The zero-order chi connectivity index (χ0) is 18.3. The van der Waals surface area contributed by atoms with Crippen molar-refractivity contribution in [2.45, 2.75) is 39.8 Å². The van der Waals surface area contributed by atoms with Gasteiger partial charge in [-0.2, -0.15) is 5.10 Å². The highest BCUT2D eigenvalue weighted by atomic mass is 16.4. The summed E-state index contributed by atoms with van der Waals surface area (Å²) in [5, 5.41) is 7.50. The van der Waals surface area contributed by atoms with Crippen LogP contribution in [-0.4, -0.2) is 26.8 Å². The van der Waals surface area contributed by atoms with Crippen molar-refractivity contribution in [3.63, 3.8) is 0 Å². The minimum Gasteiger partial charge on any atom is -0.408 e. The fraction of sp³-hybridized carbons (Fsp3) is 0.421. The smallest absolute Gasteiger partial charge is 0.408 e. The maximum Gasteiger partial charge on any atom is 0.420 e. The van der Waals surface area contributed by atoms with Crippen molar-refractivity contribution < 1.29 is 9.21 Å². The Morgan fingerprint density at radius 2 is 2.08 bits per heavy atom. The van der Waals surface area contributed by atoms with Crippen molar-refractivity contribution >= 4 is 17.0 Å². The van der Waals surface area contributed by atoms with Gasteiger partial charge in [-0.25, -0.2) is 4.79 Å². The minimum atomic E-state index is -0.509. The average molecular weight is 354 g/mol.